The summed E-state index contributed by atoms with van der Waals surface area (Å²) in [6, 6.07) is 0. The van der Waals surface area contributed by atoms with Gasteiger partial charge in [0.25, 0.3) is 0 Å². The Kier molecular flexibility index (Phi) is 3.59. The Morgan fingerprint density at radius 2 is 1.63 bits per heavy atom. The maximum atomic E-state index is 13.0. The van der Waals surface area contributed by atoms with Gasteiger partial charge in [0.05, 0.1) is 22.2 Å². The minimum Gasteiger partial charge on any atom is -0.377 e. The van der Waals surface area contributed by atoms with Crippen molar-refractivity contribution in [3.63, 3.8) is 0 Å². The summed E-state index contributed by atoms with van der Waals surface area (Å²) in [5.74, 6) is 0. The summed E-state index contributed by atoms with van der Waals surface area (Å²) in [6.07, 6.45) is 5.27. The zero-order valence-corrected chi connectivity index (χ0v) is 13.8. The van der Waals surface area contributed by atoms with Gasteiger partial charge in [-0.25, -0.2) is 8.42 Å². The van der Waals surface area contributed by atoms with Crippen LogP contribution in [0.4, 0.5) is 0 Å². The molecule has 3 nitrogen and oxygen atoms in total. The number of ether oxygens (including phenoxy) is 1. The summed E-state index contributed by atoms with van der Waals surface area (Å²) in [5.41, 5.74) is -0.195. The first kappa shape index (κ1) is 15.3. The molecule has 0 unspecified atom stereocenters. The quantitative estimate of drug-likeness (QED) is 0.779. The molecule has 19 heavy (non-hydrogen) atoms. The Morgan fingerprint density at radius 1 is 1.11 bits per heavy atom. The molecule has 4 heteroatoms. The molecular formula is C15H28O3S. The molecule has 0 aromatic heterocycles. The van der Waals surface area contributed by atoms with Crippen LogP contribution < -0.4 is 0 Å². The second-order valence-electron chi connectivity index (χ2n) is 7.87. The van der Waals surface area contributed by atoms with Crippen LogP contribution in [0, 0.1) is 5.41 Å². The monoisotopic (exact) mass is 288 g/mol. The third-order valence-electron chi connectivity index (χ3n) is 5.03. The Bertz CT molecular complexity index is 435. The van der Waals surface area contributed by atoms with Crippen LogP contribution in [0.15, 0.2) is 0 Å². The SMILES string of the molecule is CC(C)(C)C1(S(=O)(=O)C(C)(C)COC2CCC2)CC1. The normalized spacial score (nSPS) is 24.1. The smallest absolute Gasteiger partial charge is 0.163 e. The fourth-order valence-electron chi connectivity index (χ4n) is 3.00. The lowest BCUT2D eigenvalue weighted by molar-refractivity contribution is -0.00661. The second-order valence-corrected chi connectivity index (χ2v) is 10.8. The van der Waals surface area contributed by atoms with E-state index >= 15 is 0 Å². The van der Waals surface area contributed by atoms with Gasteiger partial charge < -0.3 is 4.74 Å². The molecule has 0 aliphatic heterocycles. The average Bonchev–Trinajstić information content (AvgIpc) is 2.93. The van der Waals surface area contributed by atoms with E-state index in [0.29, 0.717) is 12.7 Å². The van der Waals surface area contributed by atoms with Crippen LogP contribution in [0.25, 0.3) is 0 Å². The maximum Gasteiger partial charge on any atom is 0.163 e. The molecule has 0 amide bonds. The highest BCUT2D eigenvalue weighted by molar-refractivity contribution is 7.94. The van der Waals surface area contributed by atoms with Gasteiger partial charge in [-0.2, -0.15) is 0 Å². The molecule has 2 fully saturated rings. The van der Waals surface area contributed by atoms with Gasteiger partial charge in [0.2, 0.25) is 0 Å². The van der Waals surface area contributed by atoms with Crippen molar-refractivity contribution in [1.82, 2.24) is 0 Å². The lowest BCUT2D eigenvalue weighted by Crippen LogP contribution is -2.50. The Balaban J connectivity index is 2.13. The van der Waals surface area contributed by atoms with Crippen molar-refractivity contribution in [1.29, 1.82) is 0 Å². The standard InChI is InChI=1S/C15H28O3S/c1-13(2,3)15(9-10-15)19(16,17)14(4,5)11-18-12-7-6-8-12/h12H,6-11H2,1-5H3. The molecule has 0 heterocycles. The van der Waals surface area contributed by atoms with E-state index in [1.165, 1.54) is 6.42 Å². The lowest BCUT2D eigenvalue weighted by atomic mass is 9.89. The molecule has 0 bridgehead atoms. The third kappa shape index (κ3) is 2.35. The summed E-state index contributed by atoms with van der Waals surface area (Å²) in [6.45, 7) is 10.1. The van der Waals surface area contributed by atoms with Crippen molar-refractivity contribution in [2.24, 2.45) is 5.41 Å². The highest BCUT2D eigenvalue weighted by Crippen LogP contribution is 2.58. The van der Waals surface area contributed by atoms with Gasteiger partial charge in [-0.1, -0.05) is 20.8 Å². The van der Waals surface area contributed by atoms with E-state index in [-0.39, 0.29) is 5.41 Å². The Morgan fingerprint density at radius 3 is 1.95 bits per heavy atom. The largest absolute Gasteiger partial charge is 0.377 e. The Labute approximate surface area is 118 Å². The molecule has 2 aliphatic rings. The molecule has 0 N–H and O–H groups in total. The van der Waals surface area contributed by atoms with E-state index in [0.717, 1.165) is 25.7 Å². The predicted octanol–water partition coefficient (Wildman–Crippen LogP) is 3.33. The summed E-state index contributed by atoms with van der Waals surface area (Å²) in [5, 5.41) is 0. The zero-order chi connectivity index (χ0) is 14.5. The number of hydrogen-bond acceptors (Lipinski definition) is 3. The van der Waals surface area contributed by atoms with Crippen LogP contribution in [0.2, 0.25) is 0 Å². The predicted molar refractivity (Wildman–Crippen MR) is 78.0 cm³/mol. The van der Waals surface area contributed by atoms with Crippen LogP contribution in [0.5, 0.6) is 0 Å². The van der Waals surface area contributed by atoms with Gasteiger partial charge in [-0.3, -0.25) is 0 Å². The number of rotatable bonds is 5. The first-order valence-electron chi connectivity index (χ1n) is 7.39. The van der Waals surface area contributed by atoms with E-state index in [1.807, 2.05) is 34.6 Å². The van der Waals surface area contributed by atoms with Crippen molar-refractivity contribution >= 4 is 9.84 Å². The van der Waals surface area contributed by atoms with Crippen LogP contribution in [-0.4, -0.2) is 30.6 Å². The van der Waals surface area contributed by atoms with E-state index in [9.17, 15) is 8.42 Å². The molecule has 0 radical (unpaired) electrons. The van der Waals surface area contributed by atoms with Crippen LogP contribution in [0.1, 0.15) is 66.7 Å². The van der Waals surface area contributed by atoms with E-state index in [2.05, 4.69) is 0 Å². The molecule has 0 aromatic carbocycles. The van der Waals surface area contributed by atoms with Crippen molar-refractivity contribution in [3.05, 3.63) is 0 Å². The summed E-state index contributed by atoms with van der Waals surface area (Å²) in [4.78, 5) is 0. The fraction of sp³-hybridized carbons (Fsp3) is 1.00. The zero-order valence-electron chi connectivity index (χ0n) is 13.0. The molecule has 112 valence electrons. The van der Waals surface area contributed by atoms with Gasteiger partial charge in [0.1, 0.15) is 0 Å². The van der Waals surface area contributed by atoms with Gasteiger partial charge in [-0.15, -0.1) is 0 Å². The molecule has 0 aromatic rings. The van der Waals surface area contributed by atoms with Gasteiger partial charge in [0.15, 0.2) is 9.84 Å². The van der Waals surface area contributed by atoms with E-state index in [1.54, 1.807) is 0 Å². The minimum atomic E-state index is -3.19. The van der Waals surface area contributed by atoms with Crippen LogP contribution >= 0.6 is 0 Å². The van der Waals surface area contributed by atoms with E-state index in [4.69, 9.17) is 4.74 Å². The first-order valence-corrected chi connectivity index (χ1v) is 8.88. The lowest BCUT2D eigenvalue weighted by Gasteiger charge is -2.38. The molecule has 0 atom stereocenters. The summed E-state index contributed by atoms with van der Waals surface area (Å²) >= 11 is 0. The first-order chi connectivity index (χ1) is 8.54. The topological polar surface area (TPSA) is 43.4 Å². The van der Waals surface area contributed by atoms with Gasteiger partial charge >= 0.3 is 0 Å². The van der Waals surface area contributed by atoms with Crippen molar-refractivity contribution in [2.75, 3.05) is 6.61 Å². The molecular weight excluding hydrogens is 260 g/mol. The molecule has 2 saturated carbocycles. The molecule has 0 spiro atoms. The fourth-order valence-corrected chi connectivity index (χ4v) is 5.72. The number of hydrogen-bond donors (Lipinski definition) is 0. The Hall–Kier alpha value is -0.0900. The summed E-state index contributed by atoms with van der Waals surface area (Å²) in [7, 11) is -3.19. The maximum absolute atomic E-state index is 13.0. The van der Waals surface area contributed by atoms with Crippen LogP contribution in [0.3, 0.4) is 0 Å². The van der Waals surface area contributed by atoms with Gasteiger partial charge in [-0.05, 0) is 51.4 Å². The molecule has 2 aliphatic carbocycles. The highest BCUT2D eigenvalue weighted by Gasteiger charge is 2.65. The van der Waals surface area contributed by atoms with Crippen LogP contribution in [-0.2, 0) is 14.6 Å². The second kappa shape index (κ2) is 4.45. The van der Waals surface area contributed by atoms with Gasteiger partial charge in [0, 0.05) is 0 Å². The molecule has 0 saturated heterocycles. The van der Waals surface area contributed by atoms with Crippen molar-refractivity contribution in [2.45, 2.75) is 82.3 Å². The minimum absolute atomic E-state index is 0.195. The summed E-state index contributed by atoms with van der Waals surface area (Å²) < 4.78 is 30.5. The number of sulfone groups is 1. The van der Waals surface area contributed by atoms with Crippen molar-refractivity contribution in [3.8, 4) is 0 Å². The van der Waals surface area contributed by atoms with Crippen molar-refractivity contribution < 1.29 is 13.2 Å². The van der Waals surface area contributed by atoms with E-state index < -0.39 is 19.3 Å². The highest BCUT2D eigenvalue weighted by atomic mass is 32.2. The third-order valence-corrected chi connectivity index (χ3v) is 8.65. The average molecular weight is 288 g/mol. The molecule has 2 rings (SSSR count).